The van der Waals surface area contributed by atoms with E-state index in [1.165, 1.54) is 40.6 Å². The molecule has 1 aliphatic carbocycles. The number of imidazole rings is 1. The lowest BCUT2D eigenvalue weighted by Gasteiger charge is -2.22. The van der Waals surface area contributed by atoms with Crippen LogP contribution >= 0.6 is 0 Å². The second kappa shape index (κ2) is 8.89. The molecular weight excluding hydrogens is 436 g/mol. The van der Waals surface area contributed by atoms with Gasteiger partial charge in [-0.3, -0.25) is 9.59 Å². The minimum Gasteiger partial charge on any atom is -0.493 e. The van der Waals surface area contributed by atoms with Crippen LogP contribution in [0.3, 0.4) is 0 Å². The molecule has 2 heterocycles. The van der Waals surface area contributed by atoms with Crippen LogP contribution in [0.25, 0.3) is 11.0 Å². The van der Waals surface area contributed by atoms with Crippen molar-refractivity contribution in [2.75, 3.05) is 38.1 Å². The Balaban J connectivity index is 1.31. The fraction of sp³-hybridized carbons (Fsp3) is 0.400. The Kier molecular flexibility index (Phi) is 5.77. The number of H-pyrrole nitrogens is 1. The van der Waals surface area contributed by atoms with Crippen molar-refractivity contribution in [3.05, 3.63) is 36.2 Å². The largest absolute Gasteiger partial charge is 0.493 e. The van der Waals surface area contributed by atoms with Gasteiger partial charge in [0.15, 0.2) is 11.5 Å². The number of ether oxygens (including phenoxy) is 3. The van der Waals surface area contributed by atoms with Crippen molar-refractivity contribution < 1.29 is 23.8 Å². The van der Waals surface area contributed by atoms with E-state index in [2.05, 4.69) is 15.3 Å². The number of nitrogens with one attached hydrogen (secondary N) is 2. The highest BCUT2D eigenvalue weighted by molar-refractivity contribution is 6.04. The van der Waals surface area contributed by atoms with E-state index in [0.717, 1.165) is 16.9 Å². The monoisotopic (exact) mass is 464 g/mol. The van der Waals surface area contributed by atoms with E-state index in [0.29, 0.717) is 34.5 Å². The maximum atomic E-state index is 13.0. The van der Waals surface area contributed by atoms with E-state index < -0.39 is 5.92 Å². The van der Waals surface area contributed by atoms with Gasteiger partial charge < -0.3 is 29.4 Å². The zero-order valence-corrected chi connectivity index (χ0v) is 19.5. The standard InChI is InChI=1S/C25H28N4O5/c1-32-20-11-17(12-21(33-2)23(20)34-3)29-13-15(9-22(29)30)25(31)26-16-7-8-18-19(10-16)28-24(27-18)14-5-4-6-14/h7-8,10-12,14-15H,4-6,9,13H2,1-3H3,(H,26,31)(H,27,28). The van der Waals surface area contributed by atoms with Crippen LogP contribution in [-0.2, 0) is 9.59 Å². The van der Waals surface area contributed by atoms with Gasteiger partial charge in [0.1, 0.15) is 5.82 Å². The van der Waals surface area contributed by atoms with Crippen LogP contribution in [0.15, 0.2) is 30.3 Å². The number of amides is 2. The number of nitrogens with zero attached hydrogens (tertiary/aromatic N) is 2. The summed E-state index contributed by atoms with van der Waals surface area (Å²) >= 11 is 0. The van der Waals surface area contributed by atoms with Gasteiger partial charge in [-0.2, -0.15) is 0 Å². The summed E-state index contributed by atoms with van der Waals surface area (Å²) in [6.45, 7) is 0.265. The SMILES string of the molecule is COc1cc(N2CC(C(=O)Nc3ccc4nc(C5CCC5)[nH]c4c3)CC2=O)cc(OC)c1OC. The molecule has 0 spiro atoms. The van der Waals surface area contributed by atoms with Gasteiger partial charge >= 0.3 is 0 Å². The smallest absolute Gasteiger partial charge is 0.229 e. The van der Waals surface area contributed by atoms with Crippen molar-refractivity contribution in [2.45, 2.75) is 31.6 Å². The third-order valence-electron chi connectivity index (χ3n) is 6.72. The van der Waals surface area contributed by atoms with Gasteiger partial charge in [0.25, 0.3) is 0 Å². The number of hydrogen-bond donors (Lipinski definition) is 2. The summed E-state index contributed by atoms with van der Waals surface area (Å²) in [6.07, 6.45) is 3.71. The van der Waals surface area contributed by atoms with Crippen molar-refractivity contribution in [1.29, 1.82) is 0 Å². The molecule has 2 aliphatic rings. The average molecular weight is 465 g/mol. The molecule has 1 aliphatic heterocycles. The normalized spacial score (nSPS) is 18.1. The molecule has 1 unspecified atom stereocenters. The number of carbonyl (C=O) groups is 2. The highest BCUT2D eigenvalue weighted by Gasteiger charge is 2.36. The average Bonchev–Trinajstić information content (AvgIpc) is 3.39. The Morgan fingerprint density at radius 3 is 2.44 bits per heavy atom. The summed E-state index contributed by atoms with van der Waals surface area (Å²) in [4.78, 5) is 35.4. The van der Waals surface area contributed by atoms with Crippen molar-refractivity contribution in [1.82, 2.24) is 9.97 Å². The number of carbonyl (C=O) groups excluding carboxylic acids is 2. The number of fused-ring (bicyclic) bond motifs is 1. The highest BCUT2D eigenvalue weighted by Crippen LogP contribution is 2.42. The number of methoxy groups -OCH3 is 3. The van der Waals surface area contributed by atoms with E-state index in [4.69, 9.17) is 14.2 Å². The summed E-state index contributed by atoms with van der Waals surface area (Å²) in [5.41, 5.74) is 3.07. The molecule has 3 aromatic rings. The first kappa shape index (κ1) is 22.1. The molecule has 0 bridgehead atoms. The van der Waals surface area contributed by atoms with E-state index >= 15 is 0 Å². The predicted molar refractivity (Wildman–Crippen MR) is 128 cm³/mol. The lowest BCUT2D eigenvalue weighted by molar-refractivity contribution is -0.122. The Morgan fingerprint density at radius 2 is 1.82 bits per heavy atom. The van der Waals surface area contributed by atoms with Crippen molar-refractivity contribution in [2.24, 2.45) is 5.92 Å². The number of anilines is 2. The van der Waals surface area contributed by atoms with E-state index in [1.54, 1.807) is 17.0 Å². The molecular formula is C25H28N4O5. The summed E-state index contributed by atoms with van der Waals surface area (Å²) < 4.78 is 16.2. The highest BCUT2D eigenvalue weighted by atomic mass is 16.5. The quantitative estimate of drug-likeness (QED) is 0.550. The van der Waals surface area contributed by atoms with E-state index in [-0.39, 0.29) is 24.8 Å². The van der Waals surface area contributed by atoms with Crippen LogP contribution in [0.2, 0.25) is 0 Å². The summed E-state index contributed by atoms with van der Waals surface area (Å²) in [6, 6.07) is 9.08. The van der Waals surface area contributed by atoms with Crippen molar-refractivity contribution in [3.8, 4) is 17.2 Å². The minimum atomic E-state index is -0.477. The number of hydrogen-bond acceptors (Lipinski definition) is 6. The third kappa shape index (κ3) is 3.91. The first-order valence-corrected chi connectivity index (χ1v) is 11.4. The molecule has 1 saturated carbocycles. The molecule has 5 rings (SSSR count). The Hall–Kier alpha value is -3.75. The fourth-order valence-corrected chi connectivity index (χ4v) is 4.58. The van der Waals surface area contributed by atoms with Gasteiger partial charge in [-0.25, -0.2) is 4.98 Å². The van der Waals surface area contributed by atoms with Gasteiger partial charge in [0.2, 0.25) is 17.6 Å². The maximum Gasteiger partial charge on any atom is 0.229 e. The summed E-state index contributed by atoms with van der Waals surface area (Å²) in [5.74, 6) is 2.07. The van der Waals surface area contributed by atoms with Crippen molar-refractivity contribution >= 4 is 34.2 Å². The van der Waals surface area contributed by atoms with Crippen LogP contribution in [0.1, 0.15) is 37.4 Å². The molecule has 9 nitrogen and oxygen atoms in total. The number of benzene rings is 2. The van der Waals surface area contributed by atoms with E-state index in [1.807, 2.05) is 18.2 Å². The maximum absolute atomic E-state index is 13.0. The van der Waals surface area contributed by atoms with Gasteiger partial charge in [0.05, 0.1) is 44.0 Å². The number of rotatable bonds is 7. The molecule has 2 aromatic carbocycles. The zero-order valence-electron chi connectivity index (χ0n) is 19.5. The molecule has 34 heavy (non-hydrogen) atoms. The lowest BCUT2D eigenvalue weighted by Crippen LogP contribution is -2.28. The predicted octanol–water partition coefficient (Wildman–Crippen LogP) is 3.85. The molecule has 1 aromatic heterocycles. The first-order valence-electron chi connectivity index (χ1n) is 11.4. The number of aromatic amines is 1. The van der Waals surface area contributed by atoms with Crippen LogP contribution in [0.5, 0.6) is 17.2 Å². The second-order valence-corrected chi connectivity index (χ2v) is 8.76. The van der Waals surface area contributed by atoms with Gasteiger partial charge in [-0.1, -0.05) is 6.42 Å². The van der Waals surface area contributed by atoms with E-state index in [9.17, 15) is 9.59 Å². The molecule has 2 fully saturated rings. The lowest BCUT2D eigenvalue weighted by atomic mass is 9.85. The third-order valence-corrected chi connectivity index (χ3v) is 6.72. The molecule has 2 amide bonds. The van der Waals surface area contributed by atoms with Gasteiger partial charge in [0, 0.05) is 36.7 Å². The van der Waals surface area contributed by atoms with Crippen LogP contribution in [-0.4, -0.2) is 49.7 Å². The zero-order chi connectivity index (χ0) is 23.8. The van der Waals surface area contributed by atoms with Crippen LogP contribution < -0.4 is 24.4 Å². The second-order valence-electron chi connectivity index (χ2n) is 8.76. The van der Waals surface area contributed by atoms with Crippen molar-refractivity contribution in [3.63, 3.8) is 0 Å². The van der Waals surface area contributed by atoms with Crippen LogP contribution in [0, 0.1) is 5.92 Å². The first-order chi connectivity index (χ1) is 16.5. The Bertz CT molecular complexity index is 1220. The molecule has 178 valence electrons. The fourth-order valence-electron chi connectivity index (χ4n) is 4.58. The van der Waals surface area contributed by atoms with Crippen LogP contribution in [0.4, 0.5) is 11.4 Å². The number of aromatic nitrogens is 2. The van der Waals surface area contributed by atoms with Gasteiger partial charge in [-0.15, -0.1) is 0 Å². The summed E-state index contributed by atoms with van der Waals surface area (Å²) in [5, 5.41) is 2.96. The topological polar surface area (TPSA) is 106 Å². The molecule has 1 atom stereocenters. The van der Waals surface area contributed by atoms with Gasteiger partial charge in [-0.05, 0) is 31.0 Å². The minimum absolute atomic E-state index is 0.126. The summed E-state index contributed by atoms with van der Waals surface area (Å²) in [7, 11) is 4.57. The molecule has 1 saturated heterocycles. The Morgan fingerprint density at radius 1 is 1.09 bits per heavy atom. The molecule has 2 N–H and O–H groups in total. The Labute approximate surface area is 197 Å². The molecule has 9 heteroatoms. The molecule has 0 radical (unpaired) electrons.